The van der Waals surface area contributed by atoms with Crippen molar-refractivity contribution in [1.82, 2.24) is 0 Å². The molecule has 0 radical (unpaired) electrons. The van der Waals surface area contributed by atoms with Gasteiger partial charge < -0.3 is 20.7 Å². The number of hydrogen-bond acceptors (Lipinski definition) is 3. The molecule has 3 heteroatoms. The Morgan fingerprint density at radius 1 is 1.32 bits per heavy atom. The number of Topliss-reactive ketones (excluding diaryl/α,β-unsaturated/α-hetero) is 1. The van der Waals surface area contributed by atoms with E-state index in [2.05, 4.69) is 6.92 Å². The molecular weight excluding hydrogens is 256 g/mol. The molecule has 1 aromatic carbocycles. The minimum Gasteiger partial charge on any atom is -0.497 e. The molecule has 0 spiro atoms. The number of methoxy groups -OCH3 is 1. The zero-order valence-electron chi connectivity index (χ0n) is 12.2. The lowest BCUT2D eigenvalue weighted by molar-refractivity contribution is 0.0957. The zero-order valence-corrected chi connectivity index (χ0v) is 13.0. The zero-order chi connectivity index (χ0) is 14.5. The van der Waals surface area contributed by atoms with Crippen LogP contribution in [0.25, 0.3) is 0 Å². The first-order valence-electron chi connectivity index (χ1n) is 6.57. The first-order chi connectivity index (χ1) is 8.93. The summed E-state index contributed by atoms with van der Waals surface area (Å²) in [4.78, 5) is 12.6. The standard InChI is InChI=1S/C16H23O2S/c1-6-7-12-19(5)16(2,3)15(17)13-8-10-14(18-4)11-9-13/h5,8-11H,6-7,12H2,1-4H3/q-1. The summed E-state index contributed by atoms with van der Waals surface area (Å²) in [6, 6.07) is 7.23. The maximum absolute atomic E-state index is 12.6. The molecule has 1 rings (SSSR count). The third-order valence-corrected chi connectivity index (χ3v) is 5.50. The SMILES string of the molecule is C#[S-](CCCC)C(C)(C)C(=O)c1ccc(OC)cc1. The molecule has 0 aromatic heterocycles. The lowest BCUT2D eigenvalue weighted by Gasteiger charge is -2.37. The Morgan fingerprint density at radius 2 is 1.89 bits per heavy atom. The second-order valence-corrected chi connectivity index (χ2v) is 7.34. The minimum atomic E-state index is -0.510. The molecule has 0 saturated carbocycles. The largest absolute Gasteiger partial charge is 0.497 e. The van der Waals surface area contributed by atoms with Gasteiger partial charge in [-0.3, -0.25) is 4.79 Å². The van der Waals surface area contributed by atoms with Crippen molar-refractivity contribution < 1.29 is 9.53 Å². The third kappa shape index (κ3) is 3.89. The average Bonchev–Trinajstić information content (AvgIpc) is 2.43. The number of hydrogen-bond donors (Lipinski definition) is 0. The van der Waals surface area contributed by atoms with Crippen LogP contribution in [0.15, 0.2) is 24.3 Å². The molecule has 0 bridgehead atoms. The van der Waals surface area contributed by atoms with Crippen LogP contribution < -0.4 is 4.74 Å². The van der Waals surface area contributed by atoms with Crippen molar-refractivity contribution in [3.63, 3.8) is 0 Å². The van der Waals surface area contributed by atoms with Crippen molar-refractivity contribution in [3.05, 3.63) is 29.8 Å². The smallest absolute Gasteiger partial charge is 0.148 e. The fourth-order valence-corrected chi connectivity index (χ4v) is 3.23. The van der Waals surface area contributed by atoms with Gasteiger partial charge in [0.15, 0.2) is 0 Å². The van der Waals surface area contributed by atoms with Crippen molar-refractivity contribution in [3.8, 4) is 11.4 Å². The van der Waals surface area contributed by atoms with E-state index >= 15 is 0 Å². The van der Waals surface area contributed by atoms with Crippen molar-refractivity contribution in [1.29, 1.82) is 0 Å². The van der Waals surface area contributed by atoms with E-state index in [0.29, 0.717) is 5.56 Å². The van der Waals surface area contributed by atoms with Gasteiger partial charge in [0.25, 0.3) is 0 Å². The predicted octanol–water partition coefficient (Wildman–Crippen LogP) is 3.66. The molecular formula is C16H23O2S-. The van der Waals surface area contributed by atoms with Crippen LogP contribution in [-0.4, -0.2) is 23.4 Å². The Kier molecular flexibility index (Phi) is 5.71. The number of ketones is 1. The maximum Gasteiger partial charge on any atom is 0.148 e. The van der Waals surface area contributed by atoms with Gasteiger partial charge >= 0.3 is 0 Å². The number of carbonyl (C=O) groups is 1. The van der Waals surface area contributed by atoms with Crippen LogP contribution in [0.1, 0.15) is 44.0 Å². The summed E-state index contributed by atoms with van der Waals surface area (Å²) >= 11 is 0. The number of ether oxygens (including phenoxy) is 1. The summed E-state index contributed by atoms with van der Waals surface area (Å²) in [5, 5.41) is 0. The normalized spacial score (nSPS) is 11.6. The molecule has 0 fully saturated rings. The molecule has 0 aliphatic rings. The van der Waals surface area contributed by atoms with Crippen molar-refractivity contribution in [2.75, 3.05) is 12.9 Å². The van der Waals surface area contributed by atoms with Gasteiger partial charge in [0, 0.05) is 5.56 Å². The van der Waals surface area contributed by atoms with Gasteiger partial charge in [-0.1, -0.05) is 33.6 Å². The summed E-state index contributed by atoms with van der Waals surface area (Å²) in [6.45, 7) is 6.02. The van der Waals surface area contributed by atoms with Gasteiger partial charge in [0.05, 0.1) is 7.11 Å². The quantitative estimate of drug-likeness (QED) is 0.607. The predicted molar refractivity (Wildman–Crippen MR) is 83.5 cm³/mol. The monoisotopic (exact) mass is 279 g/mol. The molecule has 106 valence electrons. The Hall–Kier alpha value is -1.18. The average molecular weight is 279 g/mol. The van der Waals surface area contributed by atoms with Crippen molar-refractivity contribution >= 4 is 16.1 Å². The first-order valence-corrected chi connectivity index (χ1v) is 8.03. The van der Waals surface area contributed by atoms with E-state index in [1.807, 2.05) is 26.0 Å². The molecule has 0 N–H and O–H groups in total. The Bertz CT molecular complexity index is 492. The molecule has 19 heavy (non-hydrogen) atoms. The Labute approximate surface area is 118 Å². The van der Waals surface area contributed by atoms with Crippen LogP contribution in [-0.2, 0) is 10.3 Å². The lowest BCUT2D eigenvalue weighted by atomic mass is 10.0. The summed E-state index contributed by atoms with van der Waals surface area (Å²) < 4.78 is 4.59. The number of benzene rings is 1. The highest BCUT2D eigenvalue weighted by atomic mass is 32.2. The van der Waals surface area contributed by atoms with Gasteiger partial charge in [-0.25, -0.2) is 0 Å². The Balaban J connectivity index is 2.88. The second kappa shape index (κ2) is 6.83. The highest BCUT2D eigenvalue weighted by Gasteiger charge is 2.21. The third-order valence-electron chi connectivity index (χ3n) is 3.27. The van der Waals surface area contributed by atoms with Gasteiger partial charge in [-0.2, -0.15) is 0 Å². The van der Waals surface area contributed by atoms with Crippen LogP contribution in [0, 0.1) is 5.69 Å². The van der Waals surface area contributed by atoms with Gasteiger partial charge in [0.1, 0.15) is 11.5 Å². The molecule has 0 heterocycles. The number of unbranched alkanes of at least 4 members (excludes halogenated alkanes) is 1. The Morgan fingerprint density at radius 3 is 2.37 bits per heavy atom. The molecule has 0 aliphatic heterocycles. The van der Waals surface area contributed by atoms with E-state index in [1.165, 1.54) is 0 Å². The minimum absolute atomic E-state index is 0.108. The van der Waals surface area contributed by atoms with Crippen LogP contribution in [0.3, 0.4) is 0 Å². The summed E-state index contributed by atoms with van der Waals surface area (Å²) in [5.74, 6) is 1.77. The number of carbonyl (C=O) groups excluding carboxylic acids is 1. The fourth-order valence-electron chi connectivity index (χ4n) is 1.76. The van der Waals surface area contributed by atoms with Crippen LogP contribution in [0.4, 0.5) is 0 Å². The summed E-state index contributed by atoms with van der Waals surface area (Å²) in [6.07, 6.45) is 2.17. The molecule has 0 atom stereocenters. The van der Waals surface area contributed by atoms with Gasteiger partial charge in [-0.05, 0) is 29.0 Å². The van der Waals surface area contributed by atoms with E-state index in [4.69, 9.17) is 10.4 Å². The number of rotatable bonds is 5. The summed E-state index contributed by atoms with van der Waals surface area (Å²) in [5.41, 5.74) is 6.91. The maximum atomic E-state index is 12.6. The molecule has 0 amide bonds. The van der Waals surface area contributed by atoms with E-state index in [1.54, 1.807) is 19.2 Å². The molecule has 2 nitrogen and oxygen atoms in total. The molecule has 1 aromatic rings. The van der Waals surface area contributed by atoms with Crippen LogP contribution >= 0.6 is 0 Å². The summed E-state index contributed by atoms with van der Waals surface area (Å²) in [7, 11) is 1.22. The molecule has 0 aliphatic carbocycles. The van der Waals surface area contributed by atoms with E-state index < -0.39 is 15.0 Å². The first kappa shape index (κ1) is 15.9. The van der Waals surface area contributed by atoms with Crippen LogP contribution in [0.2, 0.25) is 0 Å². The second-order valence-electron chi connectivity index (χ2n) is 5.05. The highest BCUT2D eigenvalue weighted by Crippen LogP contribution is 2.22. The lowest BCUT2D eigenvalue weighted by Crippen LogP contribution is -2.36. The van der Waals surface area contributed by atoms with E-state index in [0.717, 1.165) is 24.3 Å². The highest BCUT2D eigenvalue weighted by molar-refractivity contribution is 7.88. The molecule has 0 unspecified atom stereocenters. The van der Waals surface area contributed by atoms with Crippen molar-refractivity contribution in [2.24, 2.45) is 0 Å². The topological polar surface area (TPSA) is 26.3 Å². The van der Waals surface area contributed by atoms with Crippen LogP contribution in [0.5, 0.6) is 5.75 Å². The van der Waals surface area contributed by atoms with Gasteiger partial charge in [-0.15, -0.1) is 5.75 Å². The molecule has 0 saturated heterocycles. The van der Waals surface area contributed by atoms with Gasteiger partial charge in [0.2, 0.25) is 0 Å². The van der Waals surface area contributed by atoms with E-state index in [9.17, 15) is 4.79 Å². The van der Waals surface area contributed by atoms with E-state index in [-0.39, 0.29) is 5.78 Å². The van der Waals surface area contributed by atoms with Crippen molar-refractivity contribution in [2.45, 2.75) is 38.4 Å². The fraction of sp³-hybridized carbons (Fsp3) is 0.500.